The van der Waals surface area contributed by atoms with Crippen LogP contribution in [0.25, 0.3) is 11.7 Å². The highest BCUT2D eigenvalue weighted by Crippen LogP contribution is 2.23. The van der Waals surface area contributed by atoms with Crippen molar-refractivity contribution < 1.29 is 9.84 Å². The molecule has 164 valence electrons. The molecule has 10 heteroatoms. The van der Waals surface area contributed by atoms with Crippen molar-refractivity contribution in [2.24, 2.45) is 4.99 Å². The topological polar surface area (TPSA) is 133 Å². The lowest BCUT2D eigenvalue weighted by Crippen LogP contribution is -2.21. The van der Waals surface area contributed by atoms with E-state index >= 15 is 0 Å². The number of benzene rings is 1. The van der Waals surface area contributed by atoms with E-state index in [1.54, 1.807) is 23.9 Å². The fourth-order valence-corrected chi connectivity index (χ4v) is 3.47. The molecule has 0 aliphatic heterocycles. The van der Waals surface area contributed by atoms with Crippen LogP contribution in [0.4, 0.5) is 5.82 Å². The molecule has 1 aromatic carbocycles. The number of nitrogens with one attached hydrogen (secondary N) is 3. The normalized spacial score (nSPS) is 15.9. The number of hydrogen-bond donors (Lipinski definition) is 4. The molecule has 32 heavy (non-hydrogen) atoms. The van der Waals surface area contributed by atoms with E-state index in [0.717, 1.165) is 24.2 Å². The molecule has 0 spiro atoms. The Morgan fingerprint density at radius 1 is 1.31 bits per heavy atom. The van der Waals surface area contributed by atoms with Crippen molar-refractivity contribution in [1.82, 2.24) is 24.6 Å². The first kappa shape index (κ1) is 19.9. The van der Waals surface area contributed by atoms with Gasteiger partial charge < -0.3 is 20.1 Å². The number of aromatic nitrogens is 5. The monoisotopic (exact) mass is 433 g/mol. The quantitative estimate of drug-likeness (QED) is 0.362. The predicted molar refractivity (Wildman–Crippen MR) is 118 cm³/mol. The Morgan fingerprint density at radius 3 is 2.75 bits per heavy atom. The number of anilines is 1. The Labute approximate surface area is 182 Å². The zero-order valence-corrected chi connectivity index (χ0v) is 17.7. The van der Waals surface area contributed by atoms with Crippen LogP contribution in [0.2, 0.25) is 0 Å². The molecule has 0 saturated heterocycles. The van der Waals surface area contributed by atoms with Crippen LogP contribution in [0, 0.1) is 0 Å². The number of ether oxygens (including phenoxy) is 1. The van der Waals surface area contributed by atoms with E-state index in [2.05, 4.69) is 27.3 Å². The minimum atomic E-state index is -0.488. The lowest BCUT2D eigenvalue weighted by Gasteiger charge is -2.15. The van der Waals surface area contributed by atoms with E-state index in [4.69, 9.17) is 14.7 Å². The van der Waals surface area contributed by atoms with Gasteiger partial charge in [0.1, 0.15) is 17.3 Å². The SMILES string of the molecule is COc1ccc([C@H](C)Nc2cc(=NC3CC3)n3ncc(=Cc4[nH]c(=O)[nH]c4O)c3n2)cc1. The number of hydrogen-bond acceptors (Lipinski definition) is 7. The van der Waals surface area contributed by atoms with Crippen LogP contribution in [0.5, 0.6) is 11.6 Å². The first-order chi connectivity index (χ1) is 15.5. The van der Waals surface area contributed by atoms with Crippen LogP contribution in [0.3, 0.4) is 0 Å². The number of rotatable bonds is 6. The second kappa shape index (κ2) is 7.88. The van der Waals surface area contributed by atoms with Gasteiger partial charge in [-0.25, -0.2) is 9.78 Å². The molecule has 1 atom stereocenters. The van der Waals surface area contributed by atoms with Gasteiger partial charge in [-0.05, 0) is 43.5 Å². The van der Waals surface area contributed by atoms with Gasteiger partial charge in [0.2, 0.25) is 5.88 Å². The van der Waals surface area contributed by atoms with E-state index < -0.39 is 5.69 Å². The zero-order valence-electron chi connectivity index (χ0n) is 17.7. The maximum Gasteiger partial charge on any atom is 0.326 e. The number of fused-ring (bicyclic) bond motifs is 1. The molecule has 4 N–H and O–H groups in total. The van der Waals surface area contributed by atoms with E-state index in [1.807, 2.05) is 30.3 Å². The second-order valence-corrected chi connectivity index (χ2v) is 7.82. The molecule has 10 nitrogen and oxygen atoms in total. The molecular formula is C22H23N7O3. The van der Waals surface area contributed by atoms with Crippen molar-refractivity contribution in [2.75, 3.05) is 12.4 Å². The number of imidazole rings is 1. The van der Waals surface area contributed by atoms with Crippen LogP contribution >= 0.6 is 0 Å². The average Bonchev–Trinajstić information content (AvgIpc) is 3.42. The molecular weight excluding hydrogens is 410 g/mol. The molecule has 1 aliphatic rings. The summed E-state index contributed by atoms with van der Waals surface area (Å²) in [4.78, 5) is 25.9. The summed E-state index contributed by atoms with van der Waals surface area (Å²) in [7, 11) is 1.64. The van der Waals surface area contributed by atoms with Crippen molar-refractivity contribution in [3.8, 4) is 11.6 Å². The summed E-state index contributed by atoms with van der Waals surface area (Å²) < 4.78 is 6.91. The Hall–Kier alpha value is -4.08. The van der Waals surface area contributed by atoms with Gasteiger partial charge in [-0.1, -0.05) is 12.1 Å². The molecule has 0 amide bonds. The lowest BCUT2D eigenvalue weighted by molar-refractivity contribution is 0.414. The van der Waals surface area contributed by atoms with Crippen molar-refractivity contribution in [3.05, 3.63) is 69.0 Å². The van der Waals surface area contributed by atoms with Gasteiger partial charge in [0.15, 0.2) is 11.1 Å². The lowest BCUT2D eigenvalue weighted by atomic mass is 10.1. The summed E-state index contributed by atoms with van der Waals surface area (Å²) in [5, 5.41) is 18.4. The highest BCUT2D eigenvalue weighted by molar-refractivity contribution is 5.58. The largest absolute Gasteiger partial charge is 0.497 e. The standard InChI is InChI=1S/C22H23N7O3/c1-12(13-3-7-16(32-2)8-4-13)24-18-10-19(25-15-5-6-15)29-20(27-18)14(11-23-29)9-17-21(30)28-22(31)26-17/h3-4,7-12,15,24,30H,5-6H2,1-2H3,(H2,26,28,31)/t12-/m0/s1. The number of methoxy groups -OCH3 is 1. The molecule has 4 aromatic rings. The van der Waals surface area contributed by atoms with Crippen molar-refractivity contribution in [3.63, 3.8) is 0 Å². The van der Waals surface area contributed by atoms with Crippen molar-refractivity contribution >= 4 is 17.5 Å². The third kappa shape index (κ3) is 3.94. The summed E-state index contributed by atoms with van der Waals surface area (Å²) in [5.74, 6) is 1.22. The van der Waals surface area contributed by atoms with Gasteiger partial charge in [0, 0.05) is 17.3 Å². The highest BCUT2D eigenvalue weighted by Gasteiger charge is 2.20. The van der Waals surface area contributed by atoms with E-state index in [9.17, 15) is 9.90 Å². The third-order valence-electron chi connectivity index (χ3n) is 5.36. The van der Waals surface area contributed by atoms with Gasteiger partial charge in [-0.2, -0.15) is 9.61 Å². The van der Waals surface area contributed by atoms with Crippen LogP contribution in [-0.2, 0) is 0 Å². The van der Waals surface area contributed by atoms with E-state index in [-0.39, 0.29) is 17.6 Å². The van der Waals surface area contributed by atoms with Crippen molar-refractivity contribution in [1.29, 1.82) is 0 Å². The molecule has 3 heterocycles. The Balaban J connectivity index is 1.58. The maximum absolute atomic E-state index is 11.5. The zero-order chi connectivity index (χ0) is 22.2. The molecule has 0 bridgehead atoms. The van der Waals surface area contributed by atoms with E-state index in [0.29, 0.717) is 28.2 Å². The minimum absolute atomic E-state index is 0.00921. The molecule has 3 aromatic heterocycles. The Morgan fingerprint density at radius 2 is 2.09 bits per heavy atom. The number of aromatic amines is 2. The van der Waals surface area contributed by atoms with Gasteiger partial charge in [0.25, 0.3) is 0 Å². The minimum Gasteiger partial charge on any atom is -0.497 e. The van der Waals surface area contributed by atoms with E-state index in [1.165, 1.54) is 0 Å². The number of H-pyrrole nitrogens is 2. The molecule has 1 aliphatic carbocycles. The molecule has 1 fully saturated rings. The second-order valence-electron chi connectivity index (χ2n) is 7.82. The average molecular weight is 433 g/mol. The molecule has 5 rings (SSSR count). The summed E-state index contributed by atoms with van der Waals surface area (Å²) in [6.45, 7) is 2.05. The van der Waals surface area contributed by atoms with Crippen molar-refractivity contribution in [2.45, 2.75) is 31.8 Å². The summed E-state index contributed by atoms with van der Waals surface area (Å²) >= 11 is 0. The number of aromatic hydroxyl groups is 1. The fraction of sp³-hybridized carbons (Fsp3) is 0.273. The molecule has 1 saturated carbocycles. The van der Waals surface area contributed by atoms with Crippen LogP contribution < -0.4 is 26.4 Å². The third-order valence-corrected chi connectivity index (χ3v) is 5.36. The maximum atomic E-state index is 11.5. The Kier molecular flexibility index (Phi) is 4.89. The molecule has 0 unspecified atom stereocenters. The van der Waals surface area contributed by atoms with Gasteiger partial charge in [-0.3, -0.25) is 9.98 Å². The highest BCUT2D eigenvalue weighted by atomic mass is 16.5. The summed E-state index contributed by atoms with van der Waals surface area (Å²) in [6.07, 6.45) is 5.39. The van der Waals surface area contributed by atoms with Gasteiger partial charge in [0.05, 0.1) is 19.3 Å². The Bertz CT molecular complexity index is 1450. The van der Waals surface area contributed by atoms with Crippen LogP contribution in [0.1, 0.15) is 37.1 Å². The first-order valence-corrected chi connectivity index (χ1v) is 10.4. The van der Waals surface area contributed by atoms with Gasteiger partial charge in [-0.15, -0.1) is 0 Å². The number of nitrogens with zero attached hydrogens (tertiary/aromatic N) is 4. The predicted octanol–water partition coefficient (Wildman–Crippen LogP) is 1.24. The fourth-order valence-electron chi connectivity index (χ4n) is 3.47. The first-order valence-electron chi connectivity index (χ1n) is 10.4. The summed E-state index contributed by atoms with van der Waals surface area (Å²) in [6, 6.07) is 10.0. The van der Waals surface area contributed by atoms with Gasteiger partial charge >= 0.3 is 5.69 Å². The smallest absolute Gasteiger partial charge is 0.326 e. The summed E-state index contributed by atoms with van der Waals surface area (Å²) in [5.41, 5.74) is 2.13. The molecule has 0 radical (unpaired) electrons. The van der Waals surface area contributed by atoms with Crippen LogP contribution in [-0.4, -0.2) is 42.8 Å². The van der Waals surface area contributed by atoms with Crippen LogP contribution in [0.15, 0.2) is 46.3 Å².